The smallest absolute Gasteiger partial charge is 0.260 e. The van der Waals surface area contributed by atoms with Gasteiger partial charge in [-0.15, -0.1) is 0 Å². The van der Waals surface area contributed by atoms with Crippen molar-refractivity contribution >= 4 is 15.9 Å². The number of hydrogen-bond donors (Lipinski definition) is 0. The molecule has 1 saturated heterocycles. The van der Waals surface area contributed by atoms with Gasteiger partial charge in [-0.2, -0.15) is 4.31 Å². The molecule has 9 heteroatoms. The van der Waals surface area contributed by atoms with Crippen LogP contribution in [0, 0.1) is 11.6 Å². The normalized spacial score (nSPS) is 15.4. The molecular weight excluding hydrogens is 390 g/mol. The Morgan fingerprint density at radius 1 is 0.964 bits per heavy atom. The van der Waals surface area contributed by atoms with Crippen LogP contribution in [0.25, 0.3) is 0 Å². The Morgan fingerprint density at radius 2 is 1.64 bits per heavy atom. The first kappa shape index (κ1) is 20.2. The minimum atomic E-state index is -3.46. The van der Waals surface area contributed by atoms with Crippen LogP contribution in [0.2, 0.25) is 0 Å². The summed E-state index contributed by atoms with van der Waals surface area (Å²) < 4.78 is 57.7. The highest BCUT2D eigenvalue weighted by Crippen LogP contribution is 2.16. The van der Waals surface area contributed by atoms with E-state index in [9.17, 15) is 22.0 Å². The molecule has 1 fully saturated rings. The van der Waals surface area contributed by atoms with E-state index < -0.39 is 21.7 Å². The second-order valence-electron chi connectivity index (χ2n) is 6.39. The first-order chi connectivity index (χ1) is 13.3. The summed E-state index contributed by atoms with van der Waals surface area (Å²) in [7, 11) is -3.46. The van der Waals surface area contributed by atoms with Gasteiger partial charge in [0.2, 0.25) is 10.0 Å². The van der Waals surface area contributed by atoms with Crippen molar-refractivity contribution in [2.75, 3.05) is 32.8 Å². The summed E-state index contributed by atoms with van der Waals surface area (Å²) in [5.41, 5.74) is 0.709. The van der Waals surface area contributed by atoms with Gasteiger partial charge in [0.1, 0.15) is 5.75 Å². The van der Waals surface area contributed by atoms with Crippen LogP contribution in [-0.4, -0.2) is 56.3 Å². The molecule has 1 amide bonds. The van der Waals surface area contributed by atoms with E-state index in [1.165, 1.54) is 15.3 Å². The molecule has 0 bridgehead atoms. The summed E-state index contributed by atoms with van der Waals surface area (Å²) in [5, 5.41) is 0. The number of nitrogens with zero attached hydrogens (tertiary/aromatic N) is 2. The predicted octanol–water partition coefficient (Wildman–Crippen LogP) is 2.02. The second-order valence-corrected chi connectivity index (χ2v) is 8.36. The lowest BCUT2D eigenvalue weighted by atomic mass is 10.2. The van der Waals surface area contributed by atoms with E-state index in [-0.39, 0.29) is 50.2 Å². The Balaban J connectivity index is 1.50. The zero-order chi connectivity index (χ0) is 20.1. The van der Waals surface area contributed by atoms with Crippen molar-refractivity contribution in [1.82, 2.24) is 9.21 Å². The number of halogens is 2. The van der Waals surface area contributed by atoms with Gasteiger partial charge in [-0.3, -0.25) is 4.79 Å². The van der Waals surface area contributed by atoms with E-state index in [2.05, 4.69) is 0 Å². The lowest BCUT2D eigenvalue weighted by Gasteiger charge is -2.34. The molecule has 0 unspecified atom stereocenters. The van der Waals surface area contributed by atoms with Crippen molar-refractivity contribution in [1.29, 1.82) is 0 Å². The number of rotatable bonds is 6. The van der Waals surface area contributed by atoms with E-state index >= 15 is 0 Å². The van der Waals surface area contributed by atoms with Crippen LogP contribution in [0.4, 0.5) is 8.78 Å². The van der Waals surface area contributed by atoms with Crippen molar-refractivity contribution in [2.45, 2.75) is 5.75 Å². The van der Waals surface area contributed by atoms with E-state index in [4.69, 9.17) is 4.74 Å². The lowest BCUT2D eigenvalue weighted by Crippen LogP contribution is -2.51. The highest BCUT2D eigenvalue weighted by atomic mass is 32.2. The van der Waals surface area contributed by atoms with Crippen LogP contribution in [0.3, 0.4) is 0 Å². The zero-order valence-electron chi connectivity index (χ0n) is 15.1. The monoisotopic (exact) mass is 410 g/mol. The SMILES string of the molecule is O=C(COc1ccc(F)c(F)c1)N1CCN(S(=O)(=O)Cc2ccccc2)CC1. The van der Waals surface area contributed by atoms with Crippen LogP contribution in [0.1, 0.15) is 5.56 Å². The third kappa shape index (κ3) is 5.05. The Hall–Kier alpha value is -2.52. The number of carbonyl (C=O) groups is 1. The molecule has 3 rings (SSSR count). The molecule has 28 heavy (non-hydrogen) atoms. The van der Waals surface area contributed by atoms with Crippen LogP contribution < -0.4 is 4.74 Å². The van der Waals surface area contributed by atoms with E-state index in [0.717, 1.165) is 12.1 Å². The van der Waals surface area contributed by atoms with Crippen LogP contribution in [0.5, 0.6) is 5.75 Å². The molecule has 0 atom stereocenters. The van der Waals surface area contributed by atoms with Crippen molar-refractivity contribution in [3.8, 4) is 5.75 Å². The molecule has 150 valence electrons. The molecule has 1 heterocycles. The standard InChI is InChI=1S/C19H20F2N2O4S/c20-17-7-6-16(12-18(17)21)27-13-19(24)22-8-10-23(11-9-22)28(25,26)14-15-4-2-1-3-5-15/h1-7,12H,8-11,13-14H2. The summed E-state index contributed by atoms with van der Waals surface area (Å²) in [6.07, 6.45) is 0. The topological polar surface area (TPSA) is 66.9 Å². The van der Waals surface area contributed by atoms with Crippen molar-refractivity contribution < 1.29 is 26.7 Å². The second kappa shape index (κ2) is 8.66. The summed E-state index contributed by atoms with van der Waals surface area (Å²) >= 11 is 0. The summed E-state index contributed by atoms with van der Waals surface area (Å²) in [6, 6.07) is 11.9. The number of ether oxygens (including phenoxy) is 1. The summed E-state index contributed by atoms with van der Waals surface area (Å²) in [4.78, 5) is 13.7. The fourth-order valence-electron chi connectivity index (χ4n) is 2.89. The van der Waals surface area contributed by atoms with Gasteiger partial charge < -0.3 is 9.64 Å². The minimum absolute atomic E-state index is 0.0522. The van der Waals surface area contributed by atoms with Crippen molar-refractivity contribution in [3.63, 3.8) is 0 Å². The van der Waals surface area contributed by atoms with Gasteiger partial charge in [-0.25, -0.2) is 17.2 Å². The van der Waals surface area contributed by atoms with Gasteiger partial charge in [-0.05, 0) is 17.7 Å². The van der Waals surface area contributed by atoms with Crippen molar-refractivity contribution in [2.24, 2.45) is 0 Å². The number of carbonyl (C=O) groups excluding carboxylic acids is 1. The van der Waals surface area contributed by atoms with E-state index in [1.54, 1.807) is 24.3 Å². The molecule has 2 aromatic rings. The van der Waals surface area contributed by atoms with Crippen LogP contribution >= 0.6 is 0 Å². The Morgan fingerprint density at radius 3 is 2.29 bits per heavy atom. The first-order valence-corrected chi connectivity index (χ1v) is 10.3. The van der Waals surface area contributed by atoms with Gasteiger partial charge in [0.25, 0.3) is 5.91 Å². The first-order valence-electron chi connectivity index (χ1n) is 8.72. The highest BCUT2D eigenvalue weighted by molar-refractivity contribution is 7.88. The van der Waals surface area contributed by atoms with E-state index in [0.29, 0.717) is 5.56 Å². The Labute approximate surface area is 162 Å². The molecular formula is C19H20F2N2O4S. The fourth-order valence-corrected chi connectivity index (χ4v) is 4.41. The summed E-state index contributed by atoms with van der Waals surface area (Å²) in [6.45, 7) is 0.558. The quantitative estimate of drug-likeness (QED) is 0.731. The molecule has 0 N–H and O–H groups in total. The molecule has 2 aromatic carbocycles. The zero-order valence-corrected chi connectivity index (χ0v) is 15.9. The third-order valence-corrected chi connectivity index (χ3v) is 6.28. The van der Waals surface area contributed by atoms with Crippen LogP contribution in [-0.2, 0) is 20.6 Å². The van der Waals surface area contributed by atoms with Gasteiger partial charge in [0, 0.05) is 32.2 Å². The molecule has 0 spiro atoms. The maximum absolute atomic E-state index is 13.2. The predicted molar refractivity (Wildman–Crippen MR) is 99.1 cm³/mol. The average molecular weight is 410 g/mol. The minimum Gasteiger partial charge on any atom is -0.484 e. The Bertz CT molecular complexity index is 930. The van der Waals surface area contributed by atoms with Crippen LogP contribution in [0.15, 0.2) is 48.5 Å². The molecule has 0 aromatic heterocycles. The number of benzene rings is 2. The summed E-state index contributed by atoms with van der Waals surface area (Å²) in [5.74, 6) is -2.42. The van der Waals surface area contributed by atoms with Crippen molar-refractivity contribution in [3.05, 3.63) is 65.7 Å². The Kier molecular flexibility index (Phi) is 6.25. The average Bonchev–Trinajstić information content (AvgIpc) is 2.69. The number of amides is 1. The molecule has 1 aliphatic rings. The largest absolute Gasteiger partial charge is 0.484 e. The maximum Gasteiger partial charge on any atom is 0.260 e. The third-order valence-electron chi connectivity index (χ3n) is 4.43. The fraction of sp³-hybridized carbons (Fsp3) is 0.316. The molecule has 0 saturated carbocycles. The highest BCUT2D eigenvalue weighted by Gasteiger charge is 2.29. The van der Waals surface area contributed by atoms with Gasteiger partial charge >= 0.3 is 0 Å². The van der Waals surface area contributed by atoms with Gasteiger partial charge in [-0.1, -0.05) is 30.3 Å². The number of hydrogen-bond acceptors (Lipinski definition) is 4. The molecule has 6 nitrogen and oxygen atoms in total. The molecule has 0 aliphatic carbocycles. The lowest BCUT2D eigenvalue weighted by molar-refractivity contribution is -0.134. The number of sulfonamides is 1. The number of piperazine rings is 1. The van der Waals surface area contributed by atoms with Gasteiger partial charge in [0.15, 0.2) is 18.2 Å². The maximum atomic E-state index is 13.2. The van der Waals surface area contributed by atoms with E-state index in [1.807, 2.05) is 6.07 Å². The molecule has 0 radical (unpaired) electrons. The molecule has 1 aliphatic heterocycles. The van der Waals surface area contributed by atoms with Gasteiger partial charge in [0.05, 0.1) is 5.75 Å².